The summed E-state index contributed by atoms with van der Waals surface area (Å²) in [5, 5.41) is 2.91. The molecule has 2 aromatic rings. The van der Waals surface area contributed by atoms with Crippen molar-refractivity contribution in [1.29, 1.82) is 0 Å². The van der Waals surface area contributed by atoms with Gasteiger partial charge in [-0.1, -0.05) is 36.4 Å². The lowest BCUT2D eigenvalue weighted by Crippen LogP contribution is -2.48. The van der Waals surface area contributed by atoms with Crippen molar-refractivity contribution in [2.24, 2.45) is 0 Å². The van der Waals surface area contributed by atoms with E-state index in [0.717, 1.165) is 17.5 Å². The van der Waals surface area contributed by atoms with Crippen molar-refractivity contribution >= 4 is 11.8 Å². The molecule has 2 amide bonds. The number of hydrogen-bond acceptors (Lipinski definition) is 5. The first kappa shape index (κ1) is 25.2. The third kappa shape index (κ3) is 7.57. The van der Waals surface area contributed by atoms with Crippen LogP contribution in [0, 0.1) is 0 Å². The molecular formula is C25H34N2O5. The van der Waals surface area contributed by atoms with Crippen LogP contribution in [0.15, 0.2) is 48.5 Å². The molecule has 174 valence electrons. The summed E-state index contributed by atoms with van der Waals surface area (Å²) >= 11 is 0. The van der Waals surface area contributed by atoms with Crippen LogP contribution in [0.3, 0.4) is 0 Å². The Hall–Kier alpha value is -3.06. The van der Waals surface area contributed by atoms with Crippen molar-refractivity contribution in [2.45, 2.75) is 39.3 Å². The minimum atomic E-state index is -0.616. The maximum atomic E-state index is 13.3. The normalized spacial score (nSPS) is 11.5. The second-order valence-electron chi connectivity index (χ2n) is 7.39. The molecule has 0 saturated carbocycles. The number of benzene rings is 2. The van der Waals surface area contributed by atoms with Crippen LogP contribution < -0.4 is 14.8 Å². The zero-order chi connectivity index (χ0) is 23.3. The lowest BCUT2D eigenvalue weighted by Gasteiger charge is -2.29. The van der Waals surface area contributed by atoms with Gasteiger partial charge in [0.2, 0.25) is 11.8 Å². The first-order valence-electron chi connectivity index (χ1n) is 10.9. The van der Waals surface area contributed by atoms with Gasteiger partial charge in [0.25, 0.3) is 0 Å². The SMILES string of the molecule is CCOCCCNC(=O)[C@H](C)N(Cc1ccccc1)C(=O)Cc1ccc(OC)c(OC)c1. The van der Waals surface area contributed by atoms with E-state index in [4.69, 9.17) is 14.2 Å². The van der Waals surface area contributed by atoms with Gasteiger partial charge in [-0.3, -0.25) is 9.59 Å². The quantitative estimate of drug-likeness (QED) is 0.482. The third-order valence-electron chi connectivity index (χ3n) is 5.14. The smallest absolute Gasteiger partial charge is 0.242 e. The largest absolute Gasteiger partial charge is 0.493 e. The molecule has 0 aliphatic heterocycles. The highest BCUT2D eigenvalue weighted by molar-refractivity contribution is 5.88. The molecule has 1 N–H and O–H groups in total. The molecule has 0 heterocycles. The molecule has 0 spiro atoms. The topological polar surface area (TPSA) is 77.1 Å². The van der Waals surface area contributed by atoms with E-state index >= 15 is 0 Å². The zero-order valence-electron chi connectivity index (χ0n) is 19.4. The van der Waals surface area contributed by atoms with Crippen molar-refractivity contribution in [3.05, 3.63) is 59.7 Å². The number of carbonyl (C=O) groups is 2. The van der Waals surface area contributed by atoms with E-state index < -0.39 is 6.04 Å². The monoisotopic (exact) mass is 442 g/mol. The Kier molecular flexibility index (Phi) is 10.5. The van der Waals surface area contributed by atoms with Crippen LogP contribution in [0.1, 0.15) is 31.4 Å². The van der Waals surface area contributed by atoms with Gasteiger partial charge in [0.05, 0.1) is 20.6 Å². The van der Waals surface area contributed by atoms with Gasteiger partial charge in [-0.25, -0.2) is 0 Å². The number of methoxy groups -OCH3 is 2. The summed E-state index contributed by atoms with van der Waals surface area (Å²) in [6.07, 6.45) is 0.875. The maximum absolute atomic E-state index is 13.3. The molecule has 2 aromatic carbocycles. The Balaban J connectivity index is 2.13. The van der Waals surface area contributed by atoms with E-state index in [9.17, 15) is 9.59 Å². The fourth-order valence-corrected chi connectivity index (χ4v) is 3.31. The highest BCUT2D eigenvalue weighted by atomic mass is 16.5. The van der Waals surface area contributed by atoms with E-state index in [1.54, 1.807) is 38.2 Å². The molecule has 0 fully saturated rings. The van der Waals surface area contributed by atoms with Gasteiger partial charge in [-0.15, -0.1) is 0 Å². The second-order valence-corrected chi connectivity index (χ2v) is 7.39. The molecule has 0 bridgehead atoms. The Labute approximate surface area is 190 Å². The van der Waals surface area contributed by atoms with Gasteiger partial charge in [0.1, 0.15) is 6.04 Å². The Morgan fingerprint density at radius 1 is 1.00 bits per heavy atom. The van der Waals surface area contributed by atoms with Crippen molar-refractivity contribution < 1.29 is 23.8 Å². The van der Waals surface area contributed by atoms with Crippen molar-refractivity contribution in [3.63, 3.8) is 0 Å². The number of nitrogens with zero attached hydrogens (tertiary/aromatic N) is 1. The van der Waals surface area contributed by atoms with Gasteiger partial charge < -0.3 is 24.4 Å². The first-order chi connectivity index (χ1) is 15.5. The number of hydrogen-bond donors (Lipinski definition) is 1. The molecular weight excluding hydrogens is 408 g/mol. The third-order valence-corrected chi connectivity index (χ3v) is 5.14. The predicted molar refractivity (Wildman–Crippen MR) is 124 cm³/mol. The summed E-state index contributed by atoms with van der Waals surface area (Å²) < 4.78 is 15.9. The van der Waals surface area contributed by atoms with Gasteiger partial charge >= 0.3 is 0 Å². The number of carbonyl (C=O) groups excluding carboxylic acids is 2. The van der Waals surface area contributed by atoms with Gasteiger partial charge in [-0.05, 0) is 43.5 Å². The van der Waals surface area contributed by atoms with Crippen LogP contribution >= 0.6 is 0 Å². The lowest BCUT2D eigenvalue weighted by atomic mass is 10.1. The minimum absolute atomic E-state index is 0.141. The summed E-state index contributed by atoms with van der Waals surface area (Å²) in [7, 11) is 3.13. The molecule has 2 rings (SSSR count). The Morgan fingerprint density at radius 3 is 2.38 bits per heavy atom. The minimum Gasteiger partial charge on any atom is -0.493 e. The molecule has 0 aliphatic carbocycles. The van der Waals surface area contributed by atoms with E-state index in [2.05, 4.69) is 5.32 Å². The number of nitrogens with one attached hydrogen (secondary N) is 1. The summed E-state index contributed by atoms with van der Waals surface area (Å²) in [6.45, 7) is 5.79. The fourth-order valence-electron chi connectivity index (χ4n) is 3.31. The molecule has 7 heteroatoms. The van der Waals surface area contributed by atoms with Crippen LogP contribution in [0.5, 0.6) is 11.5 Å². The average molecular weight is 443 g/mol. The molecule has 1 atom stereocenters. The maximum Gasteiger partial charge on any atom is 0.242 e. The summed E-state index contributed by atoms with van der Waals surface area (Å²) in [5.74, 6) is 0.841. The van der Waals surface area contributed by atoms with Gasteiger partial charge in [0, 0.05) is 26.3 Å². The van der Waals surface area contributed by atoms with Crippen molar-refractivity contribution in [3.8, 4) is 11.5 Å². The van der Waals surface area contributed by atoms with Gasteiger partial charge in [0.15, 0.2) is 11.5 Å². The summed E-state index contributed by atoms with van der Waals surface area (Å²) in [4.78, 5) is 27.7. The van der Waals surface area contributed by atoms with Crippen LogP contribution in [0.4, 0.5) is 0 Å². The second kappa shape index (κ2) is 13.4. The first-order valence-corrected chi connectivity index (χ1v) is 10.9. The molecule has 32 heavy (non-hydrogen) atoms. The molecule has 0 radical (unpaired) electrons. The Bertz CT molecular complexity index is 857. The van der Waals surface area contributed by atoms with E-state index in [1.165, 1.54) is 0 Å². The number of amides is 2. The molecule has 0 saturated heterocycles. The highest BCUT2D eigenvalue weighted by Crippen LogP contribution is 2.28. The average Bonchev–Trinajstić information content (AvgIpc) is 2.82. The number of rotatable bonds is 13. The van der Waals surface area contributed by atoms with E-state index in [1.807, 2.05) is 43.3 Å². The summed E-state index contributed by atoms with van der Waals surface area (Å²) in [6, 6.07) is 14.4. The van der Waals surface area contributed by atoms with E-state index in [0.29, 0.717) is 37.8 Å². The van der Waals surface area contributed by atoms with Crippen molar-refractivity contribution in [1.82, 2.24) is 10.2 Å². The molecule has 0 aliphatic rings. The fraction of sp³-hybridized carbons (Fsp3) is 0.440. The zero-order valence-corrected chi connectivity index (χ0v) is 19.4. The lowest BCUT2D eigenvalue weighted by molar-refractivity contribution is -0.140. The van der Waals surface area contributed by atoms with Crippen LogP contribution in [0.25, 0.3) is 0 Å². The predicted octanol–water partition coefficient (Wildman–Crippen LogP) is 3.21. The molecule has 0 aromatic heterocycles. The van der Waals surface area contributed by atoms with Crippen LogP contribution in [-0.4, -0.2) is 56.7 Å². The van der Waals surface area contributed by atoms with Crippen LogP contribution in [-0.2, 0) is 27.3 Å². The standard InChI is InChI=1S/C25H34N2O5/c1-5-32-15-9-14-26-25(29)19(2)27(18-20-10-7-6-8-11-20)24(28)17-21-12-13-22(30-3)23(16-21)31-4/h6-8,10-13,16,19H,5,9,14-15,17-18H2,1-4H3,(H,26,29)/t19-/m0/s1. The van der Waals surface area contributed by atoms with E-state index in [-0.39, 0.29) is 18.2 Å². The summed E-state index contributed by atoms with van der Waals surface area (Å²) in [5.41, 5.74) is 1.75. The Morgan fingerprint density at radius 2 is 1.72 bits per heavy atom. The highest BCUT2D eigenvalue weighted by Gasteiger charge is 2.26. The van der Waals surface area contributed by atoms with Gasteiger partial charge in [-0.2, -0.15) is 0 Å². The molecule has 0 unspecified atom stereocenters. The van der Waals surface area contributed by atoms with Crippen LogP contribution in [0.2, 0.25) is 0 Å². The van der Waals surface area contributed by atoms with Crippen molar-refractivity contribution in [2.75, 3.05) is 34.0 Å². The number of ether oxygens (including phenoxy) is 3. The molecule has 7 nitrogen and oxygen atoms in total.